The van der Waals surface area contributed by atoms with Crippen LogP contribution in [0.5, 0.6) is 17.4 Å². The molecule has 1 heterocycles. The fraction of sp³-hybridized carbons (Fsp3) is 0.538. The topological polar surface area (TPSA) is 78.9 Å². The summed E-state index contributed by atoms with van der Waals surface area (Å²) in [5, 5.41) is 2.35. The fourth-order valence-electron chi connectivity index (χ4n) is 1.43. The first kappa shape index (κ1) is 17.7. The van der Waals surface area contributed by atoms with Crippen LogP contribution in [0, 0.1) is 0 Å². The summed E-state index contributed by atoms with van der Waals surface area (Å²) in [4.78, 5) is 15.6. The molecule has 0 saturated carbocycles. The number of pyridine rings is 1. The summed E-state index contributed by atoms with van der Waals surface area (Å²) in [6, 6.07) is 1.13. The Labute approximate surface area is 126 Å². The average Bonchev–Trinajstić information content (AvgIpc) is 2.37. The van der Waals surface area contributed by atoms with Gasteiger partial charge in [-0.2, -0.15) is 13.8 Å². The molecule has 7 nitrogen and oxygen atoms in total. The van der Waals surface area contributed by atoms with Gasteiger partial charge in [0.15, 0.2) is 17.3 Å². The van der Waals surface area contributed by atoms with Gasteiger partial charge in [-0.3, -0.25) is 5.32 Å². The highest BCUT2D eigenvalue weighted by Crippen LogP contribution is 2.35. The molecule has 0 fully saturated rings. The van der Waals surface area contributed by atoms with E-state index in [0.29, 0.717) is 0 Å². The first-order valence-electron chi connectivity index (χ1n) is 6.24. The minimum absolute atomic E-state index is 0.0160. The number of methoxy groups -OCH3 is 2. The Balaban J connectivity index is 3.06. The van der Waals surface area contributed by atoms with E-state index in [9.17, 15) is 13.6 Å². The predicted octanol–water partition coefficient (Wildman–Crippen LogP) is 3.05. The lowest BCUT2D eigenvalue weighted by molar-refractivity contribution is -0.0516. The summed E-state index contributed by atoms with van der Waals surface area (Å²) in [6.45, 7) is 2.02. The first-order valence-corrected chi connectivity index (χ1v) is 6.24. The Morgan fingerprint density at radius 1 is 1.23 bits per heavy atom. The second-order valence-corrected chi connectivity index (χ2v) is 5.05. The lowest BCUT2D eigenvalue weighted by Crippen LogP contribution is -2.27. The lowest BCUT2D eigenvalue weighted by atomic mass is 10.2. The second-order valence-electron chi connectivity index (χ2n) is 5.05. The average molecular weight is 320 g/mol. The molecule has 0 saturated heterocycles. The number of nitrogens with one attached hydrogen (secondary N) is 1. The Hall–Kier alpha value is -2.32. The second kappa shape index (κ2) is 7.10. The molecule has 1 amide bonds. The van der Waals surface area contributed by atoms with Crippen molar-refractivity contribution in [1.82, 2.24) is 4.98 Å². The number of rotatable bonds is 5. The van der Waals surface area contributed by atoms with E-state index in [1.165, 1.54) is 14.2 Å². The number of carbonyl (C=O) groups is 1. The highest BCUT2D eigenvalue weighted by Gasteiger charge is 2.21. The van der Waals surface area contributed by atoms with E-state index >= 15 is 0 Å². The third kappa shape index (κ3) is 5.23. The van der Waals surface area contributed by atoms with Crippen molar-refractivity contribution in [3.63, 3.8) is 0 Å². The van der Waals surface area contributed by atoms with Crippen LogP contribution in [-0.2, 0) is 4.74 Å². The largest absolute Gasteiger partial charge is 0.493 e. The number of hydrogen-bond donors (Lipinski definition) is 1. The molecule has 0 spiro atoms. The van der Waals surface area contributed by atoms with E-state index in [0.717, 1.165) is 6.07 Å². The number of amides is 1. The van der Waals surface area contributed by atoms with Crippen molar-refractivity contribution < 1.29 is 32.5 Å². The molecule has 0 radical (unpaired) electrons. The molecule has 0 aromatic carbocycles. The molecule has 124 valence electrons. The van der Waals surface area contributed by atoms with Crippen LogP contribution in [0.1, 0.15) is 20.8 Å². The molecule has 0 atom stereocenters. The summed E-state index contributed by atoms with van der Waals surface area (Å²) in [5.41, 5.74) is -0.708. The maximum absolute atomic E-state index is 12.3. The lowest BCUT2D eigenvalue weighted by Gasteiger charge is -2.20. The maximum atomic E-state index is 12.3. The smallest absolute Gasteiger partial charge is 0.413 e. The zero-order chi connectivity index (χ0) is 16.9. The van der Waals surface area contributed by atoms with Gasteiger partial charge in [0, 0.05) is 6.07 Å². The highest BCUT2D eigenvalue weighted by atomic mass is 19.3. The van der Waals surface area contributed by atoms with Crippen LogP contribution < -0.4 is 19.5 Å². The molecule has 0 aliphatic heterocycles. The van der Waals surface area contributed by atoms with Gasteiger partial charge in [-0.15, -0.1) is 0 Å². The Morgan fingerprint density at radius 3 is 2.32 bits per heavy atom. The van der Waals surface area contributed by atoms with Crippen molar-refractivity contribution >= 4 is 11.9 Å². The summed E-state index contributed by atoms with van der Waals surface area (Å²) < 4.78 is 43.8. The van der Waals surface area contributed by atoms with Crippen molar-refractivity contribution in [1.29, 1.82) is 0 Å². The van der Waals surface area contributed by atoms with Gasteiger partial charge < -0.3 is 18.9 Å². The number of nitrogens with zero attached hydrogens (tertiary/aromatic N) is 1. The molecule has 22 heavy (non-hydrogen) atoms. The van der Waals surface area contributed by atoms with Crippen LogP contribution in [0.4, 0.5) is 19.4 Å². The number of aromatic nitrogens is 1. The molecule has 9 heteroatoms. The molecule has 0 unspecified atom stereocenters. The Bertz CT molecular complexity index is 532. The van der Waals surface area contributed by atoms with Crippen molar-refractivity contribution in [2.45, 2.75) is 33.0 Å². The van der Waals surface area contributed by atoms with Crippen molar-refractivity contribution in [3.05, 3.63) is 6.07 Å². The zero-order valence-electron chi connectivity index (χ0n) is 12.9. The first-order chi connectivity index (χ1) is 10.2. The van der Waals surface area contributed by atoms with Crippen molar-refractivity contribution in [3.8, 4) is 17.4 Å². The molecule has 1 N–H and O–H groups in total. The van der Waals surface area contributed by atoms with Crippen LogP contribution in [-0.4, -0.2) is 37.5 Å². The van der Waals surface area contributed by atoms with Gasteiger partial charge in [0.25, 0.3) is 5.88 Å². The Kier molecular flexibility index (Phi) is 5.72. The van der Waals surface area contributed by atoms with Gasteiger partial charge in [0.05, 0.1) is 14.2 Å². The van der Waals surface area contributed by atoms with E-state index < -0.39 is 18.3 Å². The van der Waals surface area contributed by atoms with Gasteiger partial charge in [0.1, 0.15) is 5.60 Å². The minimum Gasteiger partial charge on any atom is -0.493 e. The highest BCUT2D eigenvalue weighted by molar-refractivity contribution is 5.85. The summed E-state index contributed by atoms with van der Waals surface area (Å²) in [6.07, 6.45) is -0.775. The van der Waals surface area contributed by atoms with Crippen molar-refractivity contribution in [2.24, 2.45) is 0 Å². The summed E-state index contributed by atoms with van der Waals surface area (Å²) in [7, 11) is 2.51. The quantitative estimate of drug-likeness (QED) is 0.898. The molecule has 1 aromatic heterocycles. The van der Waals surface area contributed by atoms with E-state index in [1.54, 1.807) is 20.8 Å². The van der Waals surface area contributed by atoms with E-state index in [4.69, 9.17) is 14.2 Å². The van der Waals surface area contributed by atoms with Crippen LogP contribution in [0.3, 0.4) is 0 Å². The minimum atomic E-state index is -3.05. The number of anilines is 1. The molecular weight excluding hydrogens is 302 g/mol. The van der Waals surface area contributed by atoms with Crippen LogP contribution in [0.15, 0.2) is 6.07 Å². The number of halogens is 2. The SMILES string of the molecule is COc1cc(OC(F)F)c(OC)nc1NC(=O)OC(C)(C)C. The van der Waals surface area contributed by atoms with Gasteiger partial charge >= 0.3 is 12.7 Å². The third-order valence-electron chi connectivity index (χ3n) is 2.17. The monoisotopic (exact) mass is 320 g/mol. The predicted molar refractivity (Wildman–Crippen MR) is 73.8 cm³/mol. The maximum Gasteiger partial charge on any atom is 0.413 e. The number of ether oxygens (including phenoxy) is 4. The van der Waals surface area contributed by atoms with Crippen LogP contribution in [0.25, 0.3) is 0 Å². The van der Waals surface area contributed by atoms with Crippen LogP contribution in [0.2, 0.25) is 0 Å². The number of carbonyl (C=O) groups excluding carboxylic acids is 1. The summed E-state index contributed by atoms with van der Waals surface area (Å²) >= 11 is 0. The van der Waals surface area contributed by atoms with Gasteiger partial charge in [-0.25, -0.2) is 4.79 Å². The molecule has 1 rings (SSSR count). The molecule has 0 aliphatic rings. The van der Waals surface area contributed by atoms with Crippen molar-refractivity contribution in [2.75, 3.05) is 19.5 Å². The van der Waals surface area contributed by atoms with E-state index in [-0.39, 0.29) is 23.2 Å². The van der Waals surface area contributed by atoms with Gasteiger partial charge in [0.2, 0.25) is 0 Å². The molecule has 0 bridgehead atoms. The standard InChI is InChI=1S/C13H18F2N2O5/c1-13(2,3)22-12(18)17-9-7(19-4)6-8(21-11(14)15)10(16-9)20-5/h6,11H,1-5H3,(H,16,17,18). The Morgan fingerprint density at radius 2 is 1.86 bits per heavy atom. The molecule has 1 aromatic rings. The van der Waals surface area contributed by atoms with Gasteiger partial charge in [-0.1, -0.05) is 0 Å². The fourth-order valence-corrected chi connectivity index (χ4v) is 1.43. The van der Waals surface area contributed by atoms with E-state index in [2.05, 4.69) is 15.0 Å². The summed E-state index contributed by atoms with van der Waals surface area (Å²) in [5.74, 6) is -0.575. The number of hydrogen-bond acceptors (Lipinski definition) is 6. The normalized spacial score (nSPS) is 11.1. The van der Waals surface area contributed by atoms with E-state index in [1.807, 2.05) is 0 Å². The zero-order valence-corrected chi connectivity index (χ0v) is 12.9. The molecule has 0 aliphatic carbocycles. The molecular formula is C13H18F2N2O5. The third-order valence-corrected chi connectivity index (χ3v) is 2.17. The van der Waals surface area contributed by atoms with Crippen LogP contribution >= 0.6 is 0 Å². The number of alkyl halides is 2. The van der Waals surface area contributed by atoms with Gasteiger partial charge in [-0.05, 0) is 20.8 Å².